The van der Waals surface area contributed by atoms with Crippen LogP contribution < -0.4 is 10.6 Å². The smallest absolute Gasteiger partial charge is 0.408 e. The summed E-state index contributed by atoms with van der Waals surface area (Å²) >= 11 is 0. The third-order valence-electron chi connectivity index (χ3n) is 3.32. The predicted octanol–water partition coefficient (Wildman–Crippen LogP) is 0.884. The molecule has 0 unspecified atom stereocenters. The van der Waals surface area contributed by atoms with E-state index in [2.05, 4.69) is 10.6 Å². The standard InChI is InChI=1S/C15H24N2O6/c1-6-8(2)11(17-14(21)23-15(3,4)5)13(20)22-9-7-10(18)16-12(9)19/h8-9,11H,6-7H2,1-5H3,(H,17,21)(H,16,18,19)/t8-,9+,11-/m0/s1. The lowest BCUT2D eigenvalue weighted by molar-refractivity contribution is -0.157. The summed E-state index contributed by atoms with van der Waals surface area (Å²) in [6.45, 7) is 8.74. The minimum absolute atomic E-state index is 0.204. The molecule has 0 aromatic heterocycles. The minimum atomic E-state index is -1.15. The predicted molar refractivity (Wildman–Crippen MR) is 80.3 cm³/mol. The highest BCUT2D eigenvalue weighted by molar-refractivity contribution is 6.05. The van der Waals surface area contributed by atoms with Crippen LogP contribution in [0.15, 0.2) is 0 Å². The quantitative estimate of drug-likeness (QED) is 0.572. The van der Waals surface area contributed by atoms with Gasteiger partial charge in [0.15, 0.2) is 6.10 Å². The zero-order valence-electron chi connectivity index (χ0n) is 14.1. The van der Waals surface area contributed by atoms with E-state index in [1.165, 1.54) is 0 Å². The van der Waals surface area contributed by atoms with Crippen LogP contribution in [-0.4, -0.2) is 41.6 Å². The van der Waals surface area contributed by atoms with Gasteiger partial charge in [0.05, 0.1) is 6.42 Å². The lowest BCUT2D eigenvalue weighted by Crippen LogP contribution is -2.48. The molecule has 0 spiro atoms. The average molecular weight is 328 g/mol. The van der Waals surface area contributed by atoms with Crippen LogP contribution in [0, 0.1) is 5.92 Å². The summed E-state index contributed by atoms with van der Waals surface area (Å²) in [6.07, 6.45) is -1.50. The van der Waals surface area contributed by atoms with Gasteiger partial charge in [0, 0.05) is 0 Å². The molecule has 8 heteroatoms. The van der Waals surface area contributed by atoms with Crippen LogP contribution in [0.1, 0.15) is 47.5 Å². The maximum Gasteiger partial charge on any atom is 0.408 e. The van der Waals surface area contributed by atoms with E-state index in [9.17, 15) is 19.2 Å². The Kier molecular flexibility index (Phi) is 6.12. The Bertz CT molecular complexity index is 497. The molecule has 0 aromatic rings. The monoisotopic (exact) mass is 328 g/mol. The molecule has 3 amide bonds. The van der Waals surface area contributed by atoms with Crippen molar-refractivity contribution < 1.29 is 28.7 Å². The summed E-state index contributed by atoms with van der Waals surface area (Å²) < 4.78 is 10.2. The van der Waals surface area contributed by atoms with Crippen LogP contribution in [0.4, 0.5) is 4.79 Å². The van der Waals surface area contributed by atoms with Gasteiger partial charge in [-0.15, -0.1) is 0 Å². The van der Waals surface area contributed by atoms with Crippen molar-refractivity contribution in [3.63, 3.8) is 0 Å². The molecule has 0 aromatic carbocycles. The van der Waals surface area contributed by atoms with Gasteiger partial charge in [-0.05, 0) is 26.7 Å². The van der Waals surface area contributed by atoms with E-state index in [1.54, 1.807) is 27.7 Å². The van der Waals surface area contributed by atoms with Crippen LogP contribution in [0.5, 0.6) is 0 Å². The number of ether oxygens (including phenoxy) is 2. The van der Waals surface area contributed by atoms with Gasteiger partial charge in [-0.2, -0.15) is 0 Å². The maximum atomic E-state index is 12.3. The van der Waals surface area contributed by atoms with Crippen LogP contribution in [0.3, 0.4) is 0 Å². The molecule has 0 bridgehead atoms. The van der Waals surface area contributed by atoms with Gasteiger partial charge in [-0.25, -0.2) is 9.59 Å². The number of hydrogen-bond acceptors (Lipinski definition) is 6. The normalized spacial score (nSPS) is 20.5. The zero-order chi connectivity index (χ0) is 17.8. The van der Waals surface area contributed by atoms with E-state index in [0.717, 1.165) is 0 Å². The Labute approximate surface area is 135 Å². The molecule has 1 aliphatic heterocycles. The average Bonchev–Trinajstić information content (AvgIpc) is 2.71. The Morgan fingerprint density at radius 1 is 1.35 bits per heavy atom. The molecule has 130 valence electrons. The van der Waals surface area contributed by atoms with Crippen molar-refractivity contribution in [3.8, 4) is 0 Å². The van der Waals surface area contributed by atoms with Gasteiger partial charge in [0.25, 0.3) is 5.91 Å². The minimum Gasteiger partial charge on any atom is -0.450 e. The number of nitrogens with one attached hydrogen (secondary N) is 2. The van der Waals surface area contributed by atoms with Gasteiger partial charge in [0.1, 0.15) is 11.6 Å². The van der Waals surface area contributed by atoms with Crippen molar-refractivity contribution in [2.45, 2.75) is 65.2 Å². The third-order valence-corrected chi connectivity index (χ3v) is 3.32. The second-order valence-electron chi connectivity index (χ2n) is 6.55. The van der Waals surface area contributed by atoms with Crippen LogP contribution >= 0.6 is 0 Å². The molecule has 1 rings (SSSR count). The van der Waals surface area contributed by atoms with Gasteiger partial charge in [-0.1, -0.05) is 20.3 Å². The number of carbonyl (C=O) groups excluding carboxylic acids is 4. The van der Waals surface area contributed by atoms with Crippen LogP contribution in [-0.2, 0) is 23.9 Å². The number of esters is 1. The molecule has 1 aliphatic rings. The van der Waals surface area contributed by atoms with Crippen molar-refractivity contribution in [2.24, 2.45) is 5.92 Å². The van der Waals surface area contributed by atoms with Crippen LogP contribution in [0.2, 0.25) is 0 Å². The second-order valence-corrected chi connectivity index (χ2v) is 6.55. The molecule has 0 radical (unpaired) electrons. The first-order valence-corrected chi connectivity index (χ1v) is 7.57. The SMILES string of the molecule is CC[C@H](C)[C@H](NC(=O)OC(C)(C)C)C(=O)O[C@@H]1CC(=O)NC1=O. The van der Waals surface area contributed by atoms with E-state index in [1.807, 2.05) is 6.92 Å². The third kappa shape index (κ3) is 5.88. The molecule has 0 aliphatic carbocycles. The lowest BCUT2D eigenvalue weighted by atomic mass is 9.99. The van der Waals surface area contributed by atoms with Crippen molar-refractivity contribution in [1.82, 2.24) is 10.6 Å². The highest BCUT2D eigenvalue weighted by Gasteiger charge is 2.37. The molecular formula is C15H24N2O6. The second kappa shape index (κ2) is 7.43. The highest BCUT2D eigenvalue weighted by atomic mass is 16.6. The zero-order valence-corrected chi connectivity index (χ0v) is 14.1. The van der Waals surface area contributed by atoms with E-state index in [4.69, 9.17) is 9.47 Å². The first-order valence-electron chi connectivity index (χ1n) is 7.57. The molecule has 1 saturated heterocycles. The van der Waals surface area contributed by atoms with E-state index >= 15 is 0 Å². The fourth-order valence-electron chi connectivity index (χ4n) is 1.94. The summed E-state index contributed by atoms with van der Waals surface area (Å²) in [4.78, 5) is 46.7. The number of carbonyl (C=O) groups is 4. The highest BCUT2D eigenvalue weighted by Crippen LogP contribution is 2.15. The molecule has 1 fully saturated rings. The summed E-state index contributed by atoms with van der Waals surface area (Å²) in [5, 5.41) is 4.53. The Morgan fingerprint density at radius 2 is 1.96 bits per heavy atom. The maximum absolute atomic E-state index is 12.3. The van der Waals surface area contributed by atoms with Crippen molar-refractivity contribution in [1.29, 1.82) is 0 Å². The van der Waals surface area contributed by atoms with Gasteiger partial charge in [0.2, 0.25) is 5.91 Å². The Hall–Kier alpha value is -2.12. The Balaban J connectivity index is 2.73. The van der Waals surface area contributed by atoms with E-state index < -0.39 is 41.6 Å². The number of alkyl carbamates (subject to hydrolysis) is 1. The largest absolute Gasteiger partial charge is 0.450 e. The number of rotatable bonds is 5. The molecule has 8 nitrogen and oxygen atoms in total. The first kappa shape index (κ1) is 18.9. The molecule has 23 heavy (non-hydrogen) atoms. The lowest BCUT2D eigenvalue weighted by Gasteiger charge is -2.26. The van der Waals surface area contributed by atoms with Gasteiger partial charge in [-0.3, -0.25) is 14.9 Å². The van der Waals surface area contributed by atoms with Crippen molar-refractivity contribution >= 4 is 23.9 Å². The summed E-state index contributed by atoms with van der Waals surface area (Å²) in [7, 11) is 0. The number of hydrogen-bond donors (Lipinski definition) is 2. The van der Waals surface area contributed by atoms with Gasteiger partial charge < -0.3 is 14.8 Å². The summed E-state index contributed by atoms with van der Waals surface area (Å²) in [5.41, 5.74) is -0.703. The fraction of sp³-hybridized carbons (Fsp3) is 0.733. The molecular weight excluding hydrogens is 304 g/mol. The first-order chi connectivity index (χ1) is 10.5. The van der Waals surface area contributed by atoms with Crippen molar-refractivity contribution in [3.05, 3.63) is 0 Å². The van der Waals surface area contributed by atoms with Crippen molar-refractivity contribution in [2.75, 3.05) is 0 Å². The van der Waals surface area contributed by atoms with Gasteiger partial charge >= 0.3 is 12.1 Å². The van der Waals surface area contributed by atoms with Crippen LogP contribution in [0.25, 0.3) is 0 Å². The summed E-state index contributed by atoms with van der Waals surface area (Å²) in [6, 6.07) is -0.960. The van der Waals surface area contributed by atoms with E-state index in [-0.39, 0.29) is 12.3 Å². The Morgan fingerprint density at radius 3 is 2.39 bits per heavy atom. The molecule has 0 saturated carbocycles. The fourth-order valence-corrected chi connectivity index (χ4v) is 1.94. The topological polar surface area (TPSA) is 111 Å². The molecule has 2 N–H and O–H groups in total. The summed E-state index contributed by atoms with van der Waals surface area (Å²) in [5.74, 6) is -2.13. The number of amides is 3. The molecule has 3 atom stereocenters. The molecule has 1 heterocycles. The number of imide groups is 1. The van der Waals surface area contributed by atoms with E-state index in [0.29, 0.717) is 6.42 Å².